The van der Waals surface area contributed by atoms with Gasteiger partial charge in [0.15, 0.2) is 0 Å². The van der Waals surface area contributed by atoms with Crippen LogP contribution in [0.3, 0.4) is 0 Å². The Kier molecular flexibility index (Phi) is 7.82. The highest BCUT2D eigenvalue weighted by molar-refractivity contribution is 5.85. The molecule has 2 aromatic rings. The highest BCUT2D eigenvalue weighted by Gasteiger charge is 2.36. The molecule has 0 fully saturated rings. The van der Waals surface area contributed by atoms with E-state index in [-0.39, 0.29) is 49.6 Å². The smallest absolute Gasteiger partial charge is 0.390 e. The second-order valence-corrected chi connectivity index (χ2v) is 5.62. The minimum absolute atomic E-state index is 0. The van der Waals surface area contributed by atoms with Gasteiger partial charge >= 0.3 is 18.3 Å². The lowest BCUT2D eigenvalue weighted by atomic mass is 10.0. The van der Waals surface area contributed by atoms with Crippen molar-refractivity contribution in [3.8, 4) is 0 Å². The highest BCUT2D eigenvalue weighted by atomic mass is 35.5. The number of aryl methyl sites for hydroxylation is 1. The zero-order valence-corrected chi connectivity index (χ0v) is 14.9. The number of nitro groups is 1. The number of hydrogen-bond acceptors (Lipinski definition) is 4. The van der Waals surface area contributed by atoms with Crippen LogP contribution < -0.4 is 5.32 Å². The first-order chi connectivity index (χ1) is 12.5. The van der Waals surface area contributed by atoms with Crippen LogP contribution in [0.5, 0.6) is 0 Å². The lowest BCUT2D eigenvalue weighted by molar-refractivity contribution is -0.396. The van der Waals surface area contributed by atoms with Gasteiger partial charge in [-0.1, -0.05) is 4.98 Å². The molecule has 0 aliphatic heterocycles. The molecule has 0 spiro atoms. The zero-order valence-electron chi connectivity index (χ0n) is 14.0. The van der Waals surface area contributed by atoms with Gasteiger partial charge in [-0.15, -0.1) is 12.4 Å². The fourth-order valence-corrected chi connectivity index (χ4v) is 2.38. The van der Waals surface area contributed by atoms with Crippen LogP contribution in [-0.4, -0.2) is 21.0 Å². The van der Waals surface area contributed by atoms with Gasteiger partial charge in [0, 0.05) is 6.54 Å². The summed E-state index contributed by atoms with van der Waals surface area (Å²) >= 11 is 0. The summed E-state index contributed by atoms with van der Waals surface area (Å²) in [5.74, 6) is -0.345. The van der Waals surface area contributed by atoms with E-state index >= 15 is 0 Å². The summed E-state index contributed by atoms with van der Waals surface area (Å²) in [6.07, 6.45) is -6.76. The molecule has 0 bridgehead atoms. The highest BCUT2D eigenvalue weighted by Crippen LogP contribution is 2.36. The number of halogens is 7. The molecule has 2 rings (SSSR count). The van der Waals surface area contributed by atoms with Crippen molar-refractivity contribution in [3.05, 3.63) is 57.4 Å². The molecule has 0 atom stereocenters. The molecule has 0 saturated heterocycles. The number of imidazole rings is 1. The maximum Gasteiger partial charge on any atom is 0.434 e. The average molecular weight is 433 g/mol. The van der Waals surface area contributed by atoms with Crippen molar-refractivity contribution >= 4 is 18.4 Å². The van der Waals surface area contributed by atoms with Gasteiger partial charge in [0.25, 0.3) is 0 Å². The number of alkyl halides is 6. The third-order valence-corrected chi connectivity index (χ3v) is 3.59. The molecule has 0 amide bonds. The normalized spacial score (nSPS) is 11.9. The SMILES string of the molecule is Cl.O=[N+]([O-])c1nccn1CCCNCc1cc(C(F)(F)F)cc(C(F)(F)F)c1. The fraction of sp³-hybridized carbons (Fsp3) is 0.400. The average Bonchev–Trinajstić information content (AvgIpc) is 3.01. The lowest BCUT2D eigenvalue weighted by Gasteiger charge is -2.14. The van der Waals surface area contributed by atoms with Gasteiger partial charge in [-0.25, -0.2) is 4.57 Å². The lowest BCUT2D eigenvalue weighted by Crippen LogP contribution is -2.18. The molecular weight excluding hydrogens is 418 g/mol. The van der Waals surface area contributed by atoms with Crippen LogP contribution in [0.4, 0.5) is 32.3 Å². The van der Waals surface area contributed by atoms with Gasteiger partial charge in [-0.3, -0.25) is 0 Å². The van der Waals surface area contributed by atoms with E-state index in [1.807, 2.05) is 0 Å². The Morgan fingerprint density at radius 3 is 2.14 bits per heavy atom. The molecule has 0 aliphatic rings. The van der Waals surface area contributed by atoms with E-state index in [0.29, 0.717) is 18.6 Å². The Labute approximate surface area is 161 Å². The molecular formula is C15H15ClF6N4O2. The Hall–Kier alpha value is -2.34. The summed E-state index contributed by atoms with van der Waals surface area (Å²) < 4.78 is 78.0. The summed E-state index contributed by atoms with van der Waals surface area (Å²) in [4.78, 5) is 13.6. The monoisotopic (exact) mass is 432 g/mol. The zero-order chi connectivity index (χ0) is 20.2. The summed E-state index contributed by atoms with van der Waals surface area (Å²) in [5, 5.41) is 13.4. The van der Waals surface area contributed by atoms with Crippen LogP contribution in [0.15, 0.2) is 30.6 Å². The molecule has 1 N–H and O–H groups in total. The van der Waals surface area contributed by atoms with E-state index in [0.717, 1.165) is 0 Å². The molecule has 1 aromatic heterocycles. The van der Waals surface area contributed by atoms with Gasteiger partial charge < -0.3 is 15.4 Å². The first-order valence-electron chi connectivity index (χ1n) is 7.63. The summed E-state index contributed by atoms with van der Waals surface area (Å²) in [6.45, 7) is 0.242. The standard InChI is InChI=1S/C15H14F6N4O2.ClH/c16-14(17,18)11-6-10(7-12(8-11)15(19,20)21)9-22-2-1-4-24-5-3-23-13(24)25(26)27;/h3,5-8,22H,1-2,4,9H2;1H. The number of benzene rings is 1. The van der Waals surface area contributed by atoms with Crippen molar-refractivity contribution in [2.24, 2.45) is 0 Å². The number of nitrogens with one attached hydrogen (secondary N) is 1. The molecule has 0 aliphatic carbocycles. The van der Waals surface area contributed by atoms with E-state index in [2.05, 4.69) is 10.3 Å². The largest absolute Gasteiger partial charge is 0.434 e. The maximum absolute atomic E-state index is 12.8. The number of hydrogen-bond donors (Lipinski definition) is 1. The van der Waals surface area contributed by atoms with Crippen LogP contribution in [0.25, 0.3) is 0 Å². The minimum Gasteiger partial charge on any atom is -0.390 e. The predicted octanol–water partition coefficient (Wildman–Crippen LogP) is 4.43. The van der Waals surface area contributed by atoms with E-state index in [4.69, 9.17) is 0 Å². The first kappa shape index (κ1) is 23.7. The number of nitrogens with zero attached hydrogens (tertiary/aromatic N) is 3. The quantitative estimate of drug-likeness (QED) is 0.304. The molecule has 1 heterocycles. The van der Waals surface area contributed by atoms with Crippen molar-refractivity contribution < 1.29 is 31.3 Å². The van der Waals surface area contributed by atoms with Crippen LogP contribution >= 0.6 is 12.4 Å². The van der Waals surface area contributed by atoms with Crippen molar-refractivity contribution in [1.29, 1.82) is 0 Å². The number of rotatable bonds is 7. The molecule has 0 radical (unpaired) electrons. The second-order valence-electron chi connectivity index (χ2n) is 5.62. The molecule has 28 heavy (non-hydrogen) atoms. The van der Waals surface area contributed by atoms with Crippen LogP contribution in [0, 0.1) is 10.1 Å². The van der Waals surface area contributed by atoms with Crippen molar-refractivity contribution in [2.75, 3.05) is 6.54 Å². The second kappa shape index (κ2) is 9.24. The van der Waals surface area contributed by atoms with E-state index < -0.39 is 28.4 Å². The summed E-state index contributed by atoms with van der Waals surface area (Å²) in [6, 6.07) is 1.38. The fourth-order valence-electron chi connectivity index (χ4n) is 2.38. The van der Waals surface area contributed by atoms with E-state index in [1.54, 1.807) is 0 Å². The Morgan fingerprint density at radius 1 is 1.07 bits per heavy atom. The summed E-state index contributed by atoms with van der Waals surface area (Å²) in [5.41, 5.74) is -2.91. The third kappa shape index (κ3) is 6.37. The summed E-state index contributed by atoms with van der Waals surface area (Å²) in [7, 11) is 0. The van der Waals surface area contributed by atoms with Gasteiger partial charge in [-0.05, 0) is 41.7 Å². The van der Waals surface area contributed by atoms with Gasteiger partial charge in [0.2, 0.25) is 0 Å². The van der Waals surface area contributed by atoms with Crippen LogP contribution in [0.2, 0.25) is 0 Å². The van der Waals surface area contributed by atoms with E-state index in [1.165, 1.54) is 17.0 Å². The third-order valence-electron chi connectivity index (χ3n) is 3.59. The topological polar surface area (TPSA) is 73.0 Å². The maximum atomic E-state index is 12.8. The van der Waals surface area contributed by atoms with Crippen LogP contribution in [-0.2, 0) is 25.4 Å². The minimum atomic E-state index is -4.89. The molecule has 0 saturated carbocycles. The van der Waals surface area contributed by atoms with E-state index in [9.17, 15) is 36.5 Å². The van der Waals surface area contributed by atoms with Gasteiger partial charge in [-0.2, -0.15) is 26.3 Å². The predicted molar refractivity (Wildman–Crippen MR) is 88.9 cm³/mol. The first-order valence-corrected chi connectivity index (χ1v) is 7.63. The molecule has 0 unspecified atom stereocenters. The van der Waals surface area contributed by atoms with Crippen LogP contribution in [0.1, 0.15) is 23.1 Å². The van der Waals surface area contributed by atoms with Crippen molar-refractivity contribution in [1.82, 2.24) is 14.9 Å². The molecule has 1 aromatic carbocycles. The van der Waals surface area contributed by atoms with Crippen molar-refractivity contribution in [3.63, 3.8) is 0 Å². The Balaban J connectivity index is 0.00000392. The van der Waals surface area contributed by atoms with Crippen molar-refractivity contribution in [2.45, 2.75) is 31.9 Å². The molecule has 156 valence electrons. The van der Waals surface area contributed by atoms with Gasteiger partial charge in [0.1, 0.15) is 12.4 Å². The molecule has 13 heteroatoms. The van der Waals surface area contributed by atoms with Gasteiger partial charge in [0.05, 0.1) is 17.7 Å². The molecule has 6 nitrogen and oxygen atoms in total. The Morgan fingerprint density at radius 2 is 1.64 bits per heavy atom. The Bertz CT molecular complexity index is 774. The number of aromatic nitrogens is 2.